The maximum Gasteiger partial charge on any atom is 0.0862 e. The summed E-state index contributed by atoms with van der Waals surface area (Å²) in [4.78, 5) is 0. The molecule has 0 aromatic heterocycles. The number of hydrogen-bond donors (Lipinski definition) is 1. The van der Waals surface area contributed by atoms with E-state index in [-0.39, 0.29) is 0 Å². The van der Waals surface area contributed by atoms with Gasteiger partial charge in [-0.15, -0.1) is 6.58 Å². The van der Waals surface area contributed by atoms with Crippen molar-refractivity contribution >= 4 is 0 Å². The summed E-state index contributed by atoms with van der Waals surface area (Å²) in [5, 5.41) is 10.00. The molecule has 0 spiro atoms. The molecule has 1 rings (SSSR count). The largest absolute Gasteiger partial charge is 0.385 e. The molecule has 0 aromatic carbocycles. The molecule has 12 heavy (non-hydrogen) atoms. The first-order valence-electron chi connectivity index (χ1n) is 4.69. The van der Waals surface area contributed by atoms with Crippen molar-refractivity contribution in [2.24, 2.45) is 0 Å². The van der Waals surface area contributed by atoms with Gasteiger partial charge in [-0.2, -0.15) is 0 Å². The Kier molecular flexibility index (Phi) is 3.10. The Morgan fingerprint density at radius 3 is 2.92 bits per heavy atom. The molecule has 0 saturated heterocycles. The Hall–Kier alpha value is -0.560. The van der Waals surface area contributed by atoms with Crippen LogP contribution in [0.15, 0.2) is 24.3 Å². The zero-order chi connectivity index (χ0) is 9.03. The predicted molar refractivity (Wildman–Crippen MR) is 52.0 cm³/mol. The first kappa shape index (κ1) is 9.53. The van der Waals surface area contributed by atoms with E-state index in [9.17, 15) is 5.11 Å². The van der Waals surface area contributed by atoms with Gasteiger partial charge < -0.3 is 5.11 Å². The maximum absolute atomic E-state index is 10.00. The highest BCUT2D eigenvalue weighted by atomic mass is 16.3. The molecule has 0 bridgehead atoms. The summed E-state index contributed by atoms with van der Waals surface area (Å²) in [7, 11) is 0. The predicted octanol–water partition coefficient (Wildman–Crippen LogP) is 2.81. The van der Waals surface area contributed by atoms with Crippen LogP contribution in [-0.4, -0.2) is 10.7 Å². The van der Waals surface area contributed by atoms with E-state index in [1.54, 1.807) is 6.08 Å². The monoisotopic (exact) mass is 166 g/mol. The van der Waals surface area contributed by atoms with Gasteiger partial charge in [-0.05, 0) is 44.6 Å². The lowest BCUT2D eigenvalue weighted by Gasteiger charge is -2.27. The summed E-state index contributed by atoms with van der Waals surface area (Å²) < 4.78 is 0. The fourth-order valence-corrected chi connectivity index (χ4v) is 1.74. The van der Waals surface area contributed by atoms with Gasteiger partial charge in [0.05, 0.1) is 5.60 Å². The molecule has 0 unspecified atom stereocenters. The van der Waals surface area contributed by atoms with E-state index in [1.807, 2.05) is 6.92 Å². The minimum absolute atomic E-state index is 0.637. The van der Waals surface area contributed by atoms with E-state index in [4.69, 9.17) is 0 Å². The minimum Gasteiger partial charge on any atom is -0.385 e. The van der Waals surface area contributed by atoms with Crippen molar-refractivity contribution < 1.29 is 5.11 Å². The Bertz CT molecular complexity index is 189. The molecule has 0 aliphatic heterocycles. The molecule has 1 aliphatic carbocycles. The average molecular weight is 166 g/mol. The van der Waals surface area contributed by atoms with Crippen LogP contribution >= 0.6 is 0 Å². The van der Waals surface area contributed by atoms with Gasteiger partial charge in [0.2, 0.25) is 0 Å². The minimum atomic E-state index is -0.637. The maximum atomic E-state index is 10.00. The van der Waals surface area contributed by atoms with Crippen LogP contribution in [0.5, 0.6) is 0 Å². The SMILES string of the molecule is C=CC[C@@](C)(O)C1=CCCCC1. The van der Waals surface area contributed by atoms with Gasteiger partial charge in [0, 0.05) is 0 Å². The molecule has 0 fully saturated rings. The molecule has 1 atom stereocenters. The van der Waals surface area contributed by atoms with E-state index in [0.29, 0.717) is 6.42 Å². The highest BCUT2D eigenvalue weighted by Gasteiger charge is 2.24. The highest BCUT2D eigenvalue weighted by Crippen LogP contribution is 2.29. The molecule has 0 amide bonds. The number of aliphatic hydroxyl groups is 1. The molecule has 68 valence electrons. The Balaban J connectivity index is 2.65. The van der Waals surface area contributed by atoms with Crippen molar-refractivity contribution in [3.8, 4) is 0 Å². The number of allylic oxidation sites excluding steroid dienone is 1. The first-order valence-corrected chi connectivity index (χ1v) is 4.69. The molecule has 1 aliphatic rings. The smallest absolute Gasteiger partial charge is 0.0862 e. The number of rotatable bonds is 3. The zero-order valence-corrected chi connectivity index (χ0v) is 7.84. The fourth-order valence-electron chi connectivity index (χ4n) is 1.74. The summed E-state index contributed by atoms with van der Waals surface area (Å²) in [6.45, 7) is 5.53. The van der Waals surface area contributed by atoms with Crippen molar-refractivity contribution in [1.29, 1.82) is 0 Å². The van der Waals surface area contributed by atoms with Gasteiger partial charge in [0.25, 0.3) is 0 Å². The standard InChI is InChI=1S/C11H18O/c1-3-9-11(2,12)10-7-5-4-6-8-10/h3,7,12H,1,4-6,8-9H2,2H3/t11-/m1/s1. The summed E-state index contributed by atoms with van der Waals surface area (Å²) in [5.74, 6) is 0. The highest BCUT2D eigenvalue weighted by molar-refractivity contribution is 5.18. The van der Waals surface area contributed by atoms with Crippen molar-refractivity contribution in [3.63, 3.8) is 0 Å². The van der Waals surface area contributed by atoms with Crippen LogP contribution in [0.1, 0.15) is 39.0 Å². The van der Waals surface area contributed by atoms with Crippen molar-refractivity contribution in [1.82, 2.24) is 0 Å². The second kappa shape index (κ2) is 3.90. The van der Waals surface area contributed by atoms with Gasteiger partial charge in [-0.25, -0.2) is 0 Å². The Labute approximate surface area is 74.8 Å². The van der Waals surface area contributed by atoms with Crippen molar-refractivity contribution in [2.75, 3.05) is 0 Å². The van der Waals surface area contributed by atoms with Gasteiger partial charge in [-0.1, -0.05) is 12.2 Å². The third-order valence-corrected chi connectivity index (χ3v) is 2.52. The lowest BCUT2D eigenvalue weighted by molar-refractivity contribution is 0.0962. The summed E-state index contributed by atoms with van der Waals surface area (Å²) >= 11 is 0. The topological polar surface area (TPSA) is 20.2 Å². The Morgan fingerprint density at radius 2 is 2.42 bits per heavy atom. The number of hydrogen-bond acceptors (Lipinski definition) is 1. The summed E-state index contributed by atoms with van der Waals surface area (Å²) in [5.41, 5.74) is 0.566. The van der Waals surface area contributed by atoms with Crippen LogP contribution in [-0.2, 0) is 0 Å². The molecular formula is C11H18O. The molecule has 1 heteroatoms. The van der Waals surface area contributed by atoms with Crippen LogP contribution in [0, 0.1) is 0 Å². The second-order valence-electron chi connectivity index (χ2n) is 3.74. The molecule has 0 saturated carbocycles. The second-order valence-corrected chi connectivity index (χ2v) is 3.74. The average Bonchev–Trinajstić information content (AvgIpc) is 2.06. The quantitative estimate of drug-likeness (QED) is 0.639. The van der Waals surface area contributed by atoms with Crippen LogP contribution < -0.4 is 0 Å². The Morgan fingerprint density at radius 1 is 1.67 bits per heavy atom. The van der Waals surface area contributed by atoms with Crippen LogP contribution in [0.2, 0.25) is 0 Å². The fraction of sp³-hybridized carbons (Fsp3) is 0.636. The molecule has 0 aromatic rings. The van der Waals surface area contributed by atoms with Gasteiger partial charge in [-0.3, -0.25) is 0 Å². The lowest BCUT2D eigenvalue weighted by atomic mass is 9.85. The van der Waals surface area contributed by atoms with E-state index in [1.165, 1.54) is 18.4 Å². The van der Waals surface area contributed by atoms with Crippen LogP contribution in [0.3, 0.4) is 0 Å². The normalized spacial score (nSPS) is 22.7. The summed E-state index contributed by atoms with van der Waals surface area (Å²) in [6, 6.07) is 0. The molecule has 1 N–H and O–H groups in total. The van der Waals surface area contributed by atoms with Gasteiger partial charge >= 0.3 is 0 Å². The lowest BCUT2D eigenvalue weighted by Crippen LogP contribution is -2.27. The van der Waals surface area contributed by atoms with E-state index < -0.39 is 5.60 Å². The van der Waals surface area contributed by atoms with Gasteiger partial charge in [0.15, 0.2) is 0 Å². The first-order chi connectivity index (χ1) is 5.67. The van der Waals surface area contributed by atoms with E-state index in [0.717, 1.165) is 12.8 Å². The van der Waals surface area contributed by atoms with E-state index >= 15 is 0 Å². The molecule has 0 heterocycles. The van der Waals surface area contributed by atoms with Crippen molar-refractivity contribution in [3.05, 3.63) is 24.3 Å². The summed E-state index contributed by atoms with van der Waals surface area (Å²) in [6.07, 6.45) is 9.32. The van der Waals surface area contributed by atoms with Gasteiger partial charge in [0.1, 0.15) is 0 Å². The molecule has 1 nitrogen and oxygen atoms in total. The van der Waals surface area contributed by atoms with Crippen LogP contribution in [0.25, 0.3) is 0 Å². The molecular weight excluding hydrogens is 148 g/mol. The van der Waals surface area contributed by atoms with E-state index in [2.05, 4.69) is 12.7 Å². The third kappa shape index (κ3) is 2.21. The molecule has 0 radical (unpaired) electrons. The zero-order valence-electron chi connectivity index (χ0n) is 7.84. The third-order valence-electron chi connectivity index (χ3n) is 2.52. The van der Waals surface area contributed by atoms with Crippen molar-refractivity contribution in [2.45, 2.75) is 44.6 Å². The van der Waals surface area contributed by atoms with Crippen LogP contribution in [0.4, 0.5) is 0 Å².